The van der Waals surface area contributed by atoms with E-state index in [2.05, 4.69) is 10.1 Å². The summed E-state index contributed by atoms with van der Waals surface area (Å²) in [6.07, 6.45) is 1.73. The molecule has 138 valence electrons. The molecule has 7 heteroatoms. The molecule has 0 aliphatic heterocycles. The number of alkyl halides is 2. The van der Waals surface area contributed by atoms with Crippen LogP contribution in [-0.2, 0) is 4.74 Å². The van der Waals surface area contributed by atoms with Gasteiger partial charge in [-0.2, -0.15) is 8.78 Å². The van der Waals surface area contributed by atoms with Gasteiger partial charge in [0.05, 0.1) is 12.2 Å². The molecule has 0 fully saturated rings. The lowest BCUT2D eigenvalue weighted by Gasteiger charge is -2.09. The van der Waals surface area contributed by atoms with Gasteiger partial charge in [0.2, 0.25) is 0 Å². The molecule has 0 atom stereocenters. The zero-order valence-corrected chi connectivity index (χ0v) is 14.2. The van der Waals surface area contributed by atoms with E-state index in [0.717, 1.165) is 12.8 Å². The van der Waals surface area contributed by atoms with E-state index in [1.165, 1.54) is 24.3 Å². The van der Waals surface area contributed by atoms with Crippen molar-refractivity contribution in [1.29, 1.82) is 0 Å². The van der Waals surface area contributed by atoms with Crippen molar-refractivity contribution >= 4 is 17.6 Å². The Balaban J connectivity index is 1.98. The second-order valence-corrected chi connectivity index (χ2v) is 5.43. The van der Waals surface area contributed by atoms with Crippen LogP contribution in [0.4, 0.5) is 14.5 Å². The van der Waals surface area contributed by atoms with Gasteiger partial charge in [-0.1, -0.05) is 19.4 Å². The van der Waals surface area contributed by atoms with Gasteiger partial charge in [0.25, 0.3) is 5.91 Å². The number of esters is 1. The molecule has 0 saturated heterocycles. The van der Waals surface area contributed by atoms with Crippen molar-refractivity contribution in [2.24, 2.45) is 0 Å². The fourth-order valence-electron chi connectivity index (χ4n) is 2.10. The Labute approximate surface area is 149 Å². The van der Waals surface area contributed by atoms with Crippen LogP contribution >= 0.6 is 0 Å². The molecule has 0 aromatic heterocycles. The van der Waals surface area contributed by atoms with Crippen LogP contribution in [0.15, 0.2) is 48.5 Å². The Hall–Kier alpha value is -2.96. The highest BCUT2D eigenvalue weighted by Crippen LogP contribution is 2.18. The van der Waals surface area contributed by atoms with E-state index in [-0.39, 0.29) is 11.3 Å². The molecule has 2 rings (SSSR count). The third kappa shape index (κ3) is 5.84. The van der Waals surface area contributed by atoms with Gasteiger partial charge >= 0.3 is 12.6 Å². The maximum atomic E-state index is 12.2. The van der Waals surface area contributed by atoms with Crippen LogP contribution in [0, 0.1) is 0 Å². The first kappa shape index (κ1) is 19.4. The fraction of sp³-hybridized carbons (Fsp3) is 0.263. The number of rotatable bonds is 8. The summed E-state index contributed by atoms with van der Waals surface area (Å²) in [5.74, 6) is -1.01. The molecule has 26 heavy (non-hydrogen) atoms. The molecule has 0 radical (unpaired) electrons. The summed E-state index contributed by atoms with van der Waals surface area (Å²) in [6, 6.07) is 11.7. The number of ether oxygens (including phenoxy) is 2. The van der Waals surface area contributed by atoms with Crippen molar-refractivity contribution < 1.29 is 27.8 Å². The quantitative estimate of drug-likeness (QED) is 0.554. The van der Waals surface area contributed by atoms with E-state index in [4.69, 9.17) is 4.74 Å². The third-order valence-corrected chi connectivity index (χ3v) is 3.43. The molecule has 0 heterocycles. The number of nitrogens with one attached hydrogen (secondary N) is 1. The van der Waals surface area contributed by atoms with Gasteiger partial charge < -0.3 is 14.8 Å². The molecule has 0 spiro atoms. The normalized spacial score (nSPS) is 10.5. The van der Waals surface area contributed by atoms with Crippen LogP contribution in [0.3, 0.4) is 0 Å². The van der Waals surface area contributed by atoms with Crippen LogP contribution in [0.5, 0.6) is 5.75 Å². The van der Waals surface area contributed by atoms with E-state index in [1.807, 2.05) is 6.92 Å². The predicted molar refractivity (Wildman–Crippen MR) is 92.7 cm³/mol. The van der Waals surface area contributed by atoms with Crippen molar-refractivity contribution in [2.75, 3.05) is 11.9 Å². The average molecular weight is 363 g/mol. The molecule has 1 N–H and O–H groups in total. The van der Waals surface area contributed by atoms with Gasteiger partial charge in [-0.05, 0) is 48.9 Å². The van der Waals surface area contributed by atoms with E-state index in [0.29, 0.717) is 17.9 Å². The molecule has 0 saturated carbocycles. The summed E-state index contributed by atoms with van der Waals surface area (Å²) in [6.45, 7) is -0.594. The lowest BCUT2D eigenvalue weighted by atomic mass is 10.1. The molecule has 5 nitrogen and oxygen atoms in total. The maximum absolute atomic E-state index is 12.2. The number of carbonyl (C=O) groups excluding carboxylic acids is 2. The highest BCUT2D eigenvalue weighted by Gasteiger charge is 2.11. The monoisotopic (exact) mass is 363 g/mol. The number of carbonyl (C=O) groups is 2. The van der Waals surface area contributed by atoms with Crippen LogP contribution in [-0.4, -0.2) is 25.1 Å². The van der Waals surface area contributed by atoms with E-state index < -0.39 is 18.5 Å². The summed E-state index contributed by atoms with van der Waals surface area (Å²) in [7, 11) is 0. The van der Waals surface area contributed by atoms with E-state index in [1.54, 1.807) is 24.3 Å². The second-order valence-electron chi connectivity index (χ2n) is 5.43. The van der Waals surface area contributed by atoms with Crippen LogP contribution in [0.25, 0.3) is 0 Å². The minimum atomic E-state index is -2.96. The highest BCUT2D eigenvalue weighted by atomic mass is 19.3. The first-order chi connectivity index (χ1) is 12.5. The molecule has 2 aromatic rings. The molecular weight excluding hydrogens is 344 g/mol. The van der Waals surface area contributed by atoms with Crippen LogP contribution < -0.4 is 10.1 Å². The SMILES string of the molecule is CCCCOC(=O)c1ccc(NC(=O)c2cccc(OC(F)F)c2)cc1. The Bertz CT molecular complexity index is 747. The number of benzene rings is 2. The molecule has 0 aliphatic carbocycles. The standard InChI is InChI=1S/C19H19F2NO4/c1-2-3-11-25-18(24)13-7-9-15(10-8-13)22-17(23)14-5-4-6-16(12-14)26-19(20)21/h4-10,12,19H,2-3,11H2,1H3,(H,22,23). The van der Waals surface area contributed by atoms with Crippen LogP contribution in [0.1, 0.15) is 40.5 Å². The molecule has 2 aromatic carbocycles. The average Bonchev–Trinajstić information content (AvgIpc) is 2.62. The zero-order chi connectivity index (χ0) is 18.9. The van der Waals surface area contributed by atoms with Crippen molar-refractivity contribution in [1.82, 2.24) is 0 Å². The minimum Gasteiger partial charge on any atom is -0.462 e. The smallest absolute Gasteiger partial charge is 0.387 e. The summed E-state index contributed by atoms with van der Waals surface area (Å²) < 4.78 is 33.9. The Morgan fingerprint density at radius 1 is 1.08 bits per heavy atom. The van der Waals surface area contributed by atoms with Gasteiger partial charge in [-0.3, -0.25) is 4.79 Å². The van der Waals surface area contributed by atoms with Crippen molar-refractivity contribution in [3.8, 4) is 5.75 Å². The number of unbranched alkanes of at least 4 members (excludes halogenated alkanes) is 1. The predicted octanol–water partition coefficient (Wildman–Crippen LogP) is 4.50. The number of hydrogen-bond acceptors (Lipinski definition) is 4. The third-order valence-electron chi connectivity index (χ3n) is 3.43. The maximum Gasteiger partial charge on any atom is 0.387 e. The lowest BCUT2D eigenvalue weighted by Crippen LogP contribution is -2.13. The summed E-state index contributed by atoms with van der Waals surface area (Å²) in [4.78, 5) is 24.0. The summed E-state index contributed by atoms with van der Waals surface area (Å²) >= 11 is 0. The molecule has 1 amide bonds. The van der Waals surface area contributed by atoms with Crippen molar-refractivity contribution in [2.45, 2.75) is 26.4 Å². The van der Waals surface area contributed by atoms with Gasteiger partial charge in [-0.25, -0.2) is 4.79 Å². The lowest BCUT2D eigenvalue weighted by molar-refractivity contribution is -0.0498. The van der Waals surface area contributed by atoms with Gasteiger partial charge in [0, 0.05) is 11.3 Å². The van der Waals surface area contributed by atoms with Gasteiger partial charge in [0.15, 0.2) is 0 Å². The first-order valence-corrected chi connectivity index (χ1v) is 8.13. The zero-order valence-electron chi connectivity index (χ0n) is 14.2. The topological polar surface area (TPSA) is 64.6 Å². The molecule has 0 aliphatic rings. The number of halogens is 2. The highest BCUT2D eigenvalue weighted by molar-refractivity contribution is 6.04. The van der Waals surface area contributed by atoms with E-state index in [9.17, 15) is 18.4 Å². The van der Waals surface area contributed by atoms with Gasteiger partial charge in [-0.15, -0.1) is 0 Å². The summed E-state index contributed by atoms with van der Waals surface area (Å²) in [5, 5.41) is 2.62. The summed E-state index contributed by atoms with van der Waals surface area (Å²) in [5.41, 5.74) is 1.01. The van der Waals surface area contributed by atoms with Gasteiger partial charge in [0.1, 0.15) is 5.75 Å². The number of amides is 1. The molecular formula is C19H19F2NO4. The van der Waals surface area contributed by atoms with Crippen molar-refractivity contribution in [3.63, 3.8) is 0 Å². The number of hydrogen-bond donors (Lipinski definition) is 1. The van der Waals surface area contributed by atoms with E-state index >= 15 is 0 Å². The van der Waals surface area contributed by atoms with Crippen molar-refractivity contribution in [3.05, 3.63) is 59.7 Å². The Kier molecular flexibility index (Phi) is 7.08. The first-order valence-electron chi connectivity index (χ1n) is 8.13. The van der Waals surface area contributed by atoms with Crippen LogP contribution in [0.2, 0.25) is 0 Å². The Morgan fingerprint density at radius 3 is 2.46 bits per heavy atom. The second kappa shape index (κ2) is 9.50. The fourth-order valence-corrected chi connectivity index (χ4v) is 2.10. The number of anilines is 1. The largest absolute Gasteiger partial charge is 0.462 e. The molecule has 0 bridgehead atoms. The Morgan fingerprint density at radius 2 is 1.81 bits per heavy atom. The minimum absolute atomic E-state index is 0.0992. The molecule has 0 unspecified atom stereocenters.